The van der Waals surface area contributed by atoms with E-state index in [0.717, 1.165) is 37.1 Å². The van der Waals surface area contributed by atoms with Crippen LogP contribution in [0, 0.1) is 0 Å². The molecule has 0 bridgehead atoms. The maximum absolute atomic E-state index is 12.4. The molecule has 0 aliphatic rings. The molecule has 1 aromatic rings. The maximum Gasteiger partial charge on any atom is 0.416 e. The minimum atomic E-state index is -4.46. The van der Waals surface area contributed by atoms with Gasteiger partial charge < -0.3 is 9.64 Å². The van der Waals surface area contributed by atoms with E-state index in [9.17, 15) is 22.8 Å². The Morgan fingerprint density at radius 2 is 1.74 bits per heavy atom. The van der Waals surface area contributed by atoms with Crippen molar-refractivity contribution >= 4 is 11.9 Å². The van der Waals surface area contributed by atoms with Gasteiger partial charge in [-0.3, -0.25) is 4.79 Å². The van der Waals surface area contributed by atoms with Gasteiger partial charge in [0.15, 0.2) is 6.61 Å². The summed E-state index contributed by atoms with van der Waals surface area (Å²) in [5.41, 5.74) is -0.871. The van der Waals surface area contributed by atoms with E-state index in [1.54, 1.807) is 4.90 Å². The number of rotatable bonds is 7. The molecule has 1 aromatic carbocycles. The number of nitrogens with zero attached hydrogens (tertiary/aromatic N) is 1. The van der Waals surface area contributed by atoms with Crippen molar-refractivity contribution in [3.63, 3.8) is 0 Å². The minimum Gasteiger partial charge on any atom is -0.452 e. The molecule has 0 aromatic heterocycles. The average Bonchev–Trinajstić information content (AvgIpc) is 2.52. The molecule has 0 saturated carbocycles. The normalized spacial score (nSPS) is 11.2. The van der Waals surface area contributed by atoms with Gasteiger partial charge in [0.1, 0.15) is 0 Å². The van der Waals surface area contributed by atoms with Gasteiger partial charge in [-0.25, -0.2) is 4.79 Å². The molecule has 0 aliphatic carbocycles. The van der Waals surface area contributed by atoms with Crippen LogP contribution in [0.5, 0.6) is 0 Å². The van der Waals surface area contributed by atoms with Gasteiger partial charge >= 0.3 is 12.1 Å². The van der Waals surface area contributed by atoms with Gasteiger partial charge in [0.05, 0.1) is 11.1 Å². The van der Waals surface area contributed by atoms with Crippen molar-refractivity contribution in [1.82, 2.24) is 4.90 Å². The second kappa shape index (κ2) is 8.55. The molecule has 0 unspecified atom stereocenters. The summed E-state index contributed by atoms with van der Waals surface area (Å²) >= 11 is 0. The van der Waals surface area contributed by atoms with Crippen molar-refractivity contribution in [1.29, 1.82) is 0 Å². The number of alkyl halides is 3. The van der Waals surface area contributed by atoms with Crippen LogP contribution in [-0.2, 0) is 15.7 Å². The summed E-state index contributed by atoms with van der Waals surface area (Å²) in [6.45, 7) is 4.51. The number of hydrogen-bond donors (Lipinski definition) is 0. The highest BCUT2D eigenvalue weighted by atomic mass is 19.4. The van der Waals surface area contributed by atoms with Gasteiger partial charge in [-0.05, 0) is 37.6 Å². The number of carbonyl (C=O) groups is 2. The Morgan fingerprint density at radius 3 is 2.22 bits per heavy atom. The number of benzene rings is 1. The van der Waals surface area contributed by atoms with E-state index in [1.807, 2.05) is 13.8 Å². The van der Waals surface area contributed by atoms with Crippen molar-refractivity contribution in [2.45, 2.75) is 32.9 Å². The lowest BCUT2D eigenvalue weighted by molar-refractivity contribution is -0.137. The summed E-state index contributed by atoms with van der Waals surface area (Å²) in [6.07, 6.45) is -2.67. The third-order valence-corrected chi connectivity index (χ3v) is 3.29. The molecule has 4 nitrogen and oxygen atoms in total. The highest BCUT2D eigenvalue weighted by Crippen LogP contribution is 2.29. The van der Waals surface area contributed by atoms with E-state index in [2.05, 4.69) is 0 Å². The van der Waals surface area contributed by atoms with Crippen LogP contribution in [0.15, 0.2) is 24.3 Å². The second-order valence-electron chi connectivity index (χ2n) is 4.98. The van der Waals surface area contributed by atoms with Gasteiger partial charge in [0, 0.05) is 13.1 Å². The van der Waals surface area contributed by atoms with Crippen LogP contribution in [0.25, 0.3) is 0 Å². The van der Waals surface area contributed by atoms with Crippen LogP contribution in [-0.4, -0.2) is 36.5 Å². The summed E-state index contributed by atoms with van der Waals surface area (Å²) in [5.74, 6) is -1.14. The van der Waals surface area contributed by atoms with Gasteiger partial charge in [0.25, 0.3) is 5.91 Å². The summed E-state index contributed by atoms with van der Waals surface area (Å²) in [7, 11) is 0. The molecule has 128 valence electrons. The number of ether oxygens (including phenoxy) is 1. The monoisotopic (exact) mass is 331 g/mol. The van der Waals surface area contributed by atoms with Crippen LogP contribution in [0.2, 0.25) is 0 Å². The molecule has 1 amide bonds. The fourth-order valence-electron chi connectivity index (χ4n) is 1.91. The molecular formula is C16H20F3NO3. The van der Waals surface area contributed by atoms with E-state index in [-0.39, 0.29) is 11.5 Å². The molecule has 1 rings (SSSR count). The number of likely N-dealkylation sites (N-methyl/N-ethyl adjacent to an activating group) is 1. The lowest BCUT2D eigenvalue weighted by Gasteiger charge is -2.20. The van der Waals surface area contributed by atoms with E-state index >= 15 is 0 Å². The van der Waals surface area contributed by atoms with Crippen LogP contribution >= 0.6 is 0 Å². The van der Waals surface area contributed by atoms with E-state index in [4.69, 9.17) is 4.74 Å². The number of amides is 1. The molecule has 23 heavy (non-hydrogen) atoms. The Balaban J connectivity index is 2.57. The molecule has 0 saturated heterocycles. The predicted octanol–water partition coefficient (Wildman–Crippen LogP) is 3.51. The van der Waals surface area contributed by atoms with Gasteiger partial charge in [-0.1, -0.05) is 13.3 Å². The Kier molecular flexibility index (Phi) is 7.06. The molecule has 0 N–H and O–H groups in total. The topological polar surface area (TPSA) is 46.6 Å². The molecule has 0 aliphatic heterocycles. The largest absolute Gasteiger partial charge is 0.452 e. The molecule has 0 heterocycles. The van der Waals surface area contributed by atoms with E-state index < -0.39 is 24.3 Å². The van der Waals surface area contributed by atoms with Gasteiger partial charge in [0.2, 0.25) is 0 Å². The summed E-state index contributed by atoms with van der Waals surface area (Å²) in [6, 6.07) is 3.67. The summed E-state index contributed by atoms with van der Waals surface area (Å²) < 4.78 is 42.2. The molecule has 7 heteroatoms. The standard InChI is InChI=1S/C16H20F3NO3/c1-3-5-10-20(4-2)14(21)11-23-15(22)12-6-8-13(9-7-12)16(17,18)19/h6-9H,3-5,10-11H2,1-2H3. The fourth-order valence-corrected chi connectivity index (χ4v) is 1.91. The quantitative estimate of drug-likeness (QED) is 0.718. The Labute approximate surface area is 133 Å². The van der Waals surface area contributed by atoms with Crippen molar-refractivity contribution < 1.29 is 27.5 Å². The summed E-state index contributed by atoms with van der Waals surface area (Å²) in [4.78, 5) is 25.2. The van der Waals surface area contributed by atoms with Crippen molar-refractivity contribution in [3.05, 3.63) is 35.4 Å². The zero-order valence-electron chi connectivity index (χ0n) is 13.2. The average molecular weight is 331 g/mol. The first-order valence-electron chi connectivity index (χ1n) is 7.41. The number of hydrogen-bond acceptors (Lipinski definition) is 3. The van der Waals surface area contributed by atoms with Gasteiger partial charge in [-0.15, -0.1) is 0 Å². The highest BCUT2D eigenvalue weighted by molar-refractivity contribution is 5.91. The lowest BCUT2D eigenvalue weighted by Crippen LogP contribution is -2.35. The maximum atomic E-state index is 12.4. The molecule has 0 fully saturated rings. The number of esters is 1. The third-order valence-electron chi connectivity index (χ3n) is 3.29. The fraction of sp³-hybridized carbons (Fsp3) is 0.500. The first-order chi connectivity index (χ1) is 10.8. The van der Waals surface area contributed by atoms with Crippen LogP contribution in [0.3, 0.4) is 0 Å². The minimum absolute atomic E-state index is 0.0255. The van der Waals surface area contributed by atoms with E-state index in [0.29, 0.717) is 13.1 Å². The molecular weight excluding hydrogens is 311 g/mol. The van der Waals surface area contributed by atoms with E-state index in [1.165, 1.54) is 0 Å². The first kappa shape index (κ1) is 19.0. The second-order valence-corrected chi connectivity index (χ2v) is 4.98. The van der Waals surface area contributed by atoms with Crippen LogP contribution < -0.4 is 0 Å². The number of halogens is 3. The summed E-state index contributed by atoms with van der Waals surface area (Å²) in [5, 5.41) is 0. The smallest absolute Gasteiger partial charge is 0.416 e. The SMILES string of the molecule is CCCCN(CC)C(=O)COC(=O)c1ccc(C(F)(F)F)cc1. The Hall–Kier alpha value is -2.05. The zero-order chi connectivity index (χ0) is 17.5. The van der Waals surface area contributed by atoms with Crippen LogP contribution in [0.1, 0.15) is 42.6 Å². The number of carbonyl (C=O) groups excluding carboxylic acids is 2. The number of unbranched alkanes of at least 4 members (excludes halogenated alkanes) is 1. The third kappa shape index (κ3) is 5.92. The first-order valence-corrected chi connectivity index (χ1v) is 7.41. The molecule has 0 atom stereocenters. The van der Waals surface area contributed by atoms with Crippen molar-refractivity contribution in [3.8, 4) is 0 Å². The molecule has 0 radical (unpaired) electrons. The van der Waals surface area contributed by atoms with Crippen molar-refractivity contribution in [2.75, 3.05) is 19.7 Å². The highest BCUT2D eigenvalue weighted by Gasteiger charge is 2.30. The lowest BCUT2D eigenvalue weighted by atomic mass is 10.1. The van der Waals surface area contributed by atoms with Gasteiger partial charge in [-0.2, -0.15) is 13.2 Å². The molecule has 0 spiro atoms. The van der Waals surface area contributed by atoms with Crippen molar-refractivity contribution in [2.24, 2.45) is 0 Å². The Morgan fingerprint density at radius 1 is 1.13 bits per heavy atom. The van der Waals surface area contributed by atoms with Crippen LogP contribution in [0.4, 0.5) is 13.2 Å². The predicted molar refractivity (Wildman–Crippen MR) is 78.9 cm³/mol. The Bertz CT molecular complexity index is 526. The zero-order valence-corrected chi connectivity index (χ0v) is 13.2.